The second-order valence-corrected chi connectivity index (χ2v) is 6.75. The van der Waals surface area contributed by atoms with Gasteiger partial charge >= 0.3 is 0 Å². The second kappa shape index (κ2) is 5.55. The Morgan fingerprint density at radius 3 is 2.85 bits per heavy atom. The third-order valence-electron chi connectivity index (χ3n) is 4.30. The molecule has 1 aliphatic heterocycles. The first-order valence-electron chi connectivity index (χ1n) is 7.29. The van der Waals surface area contributed by atoms with E-state index in [-0.39, 0.29) is 11.8 Å². The summed E-state index contributed by atoms with van der Waals surface area (Å²) in [6.45, 7) is 1.21. The lowest BCUT2D eigenvalue weighted by molar-refractivity contribution is -0.117. The van der Waals surface area contributed by atoms with Crippen LogP contribution < -0.4 is 10.6 Å². The molecule has 2 N–H and O–H groups in total. The summed E-state index contributed by atoms with van der Waals surface area (Å²) in [5, 5.41) is 10.4. The standard InChI is InChI=1S/C15H19N3OS/c16-7-10-6-14(19)18(9-10)15-12(8-17)11-4-2-1-3-5-13(11)20-15/h10H,1-7,9,16H2. The number of nitrogens with two attached hydrogens (primary N) is 1. The van der Waals surface area contributed by atoms with Crippen molar-refractivity contribution < 1.29 is 4.79 Å². The van der Waals surface area contributed by atoms with Crippen LogP contribution in [0.1, 0.15) is 41.7 Å². The van der Waals surface area contributed by atoms with Crippen LogP contribution in [-0.2, 0) is 17.6 Å². The third-order valence-corrected chi connectivity index (χ3v) is 5.61. The van der Waals surface area contributed by atoms with Gasteiger partial charge in [0.15, 0.2) is 0 Å². The molecule has 2 heterocycles. The van der Waals surface area contributed by atoms with Crippen LogP contribution in [0.15, 0.2) is 0 Å². The van der Waals surface area contributed by atoms with Gasteiger partial charge in [0.2, 0.25) is 5.91 Å². The van der Waals surface area contributed by atoms with Gasteiger partial charge in [-0.3, -0.25) is 4.79 Å². The Bertz CT molecular complexity index is 572. The van der Waals surface area contributed by atoms with E-state index in [9.17, 15) is 10.1 Å². The molecule has 4 nitrogen and oxygen atoms in total. The molecule has 1 unspecified atom stereocenters. The Hall–Kier alpha value is -1.38. The fraction of sp³-hybridized carbons (Fsp3) is 0.600. The number of hydrogen-bond acceptors (Lipinski definition) is 4. The molecule has 1 aliphatic carbocycles. The number of nitriles is 1. The zero-order chi connectivity index (χ0) is 14.1. The van der Waals surface area contributed by atoms with Crippen molar-refractivity contribution in [3.63, 3.8) is 0 Å². The molecule has 1 aromatic heterocycles. The van der Waals surface area contributed by atoms with Gasteiger partial charge in [-0.05, 0) is 43.7 Å². The van der Waals surface area contributed by atoms with Crippen molar-refractivity contribution >= 4 is 22.2 Å². The maximum atomic E-state index is 12.2. The molecule has 5 heteroatoms. The van der Waals surface area contributed by atoms with E-state index in [1.165, 1.54) is 23.3 Å². The Morgan fingerprint density at radius 2 is 2.15 bits per heavy atom. The molecule has 1 aromatic rings. The highest BCUT2D eigenvalue weighted by Gasteiger charge is 2.33. The van der Waals surface area contributed by atoms with E-state index in [1.807, 2.05) is 0 Å². The average Bonchev–Trinajstić information content (AvgIpc) is 2.90. The minimum atomic E-state index is 0.119. The molecule has 3 rings (SSSR count). The summed E-state index contributed by atoms with van der Waals surface area (Å²) in [6, 6.07) is 2.35. The molecular formula is C15H19N3OS. The summed E-state index contributed by atoms with van der Waals surface area (Å²) in [4.78, 5) is 15.3. The van der Waals surface area contributed by atoms with Crippen LogP contribution in [0.5, 0.6) is 0 Å². The highest BCUT2D eigenvalue weighted by Crippen LogP contribution is 2.41. The number of anilines is 1. The molecule has 0 aromatic carbocycles. The Labute approximate surface area is 123 Å². The van der Waals surface area contributed by atoms with Gasteiger partial charge in [-0.15, -0.1) is 11.3 Å². The number of rotatable bonds is 2. The third kappa shape index (κ3) is 2.23. The second-order valence-electron chi connectivity index (χ2n) is 5.67. The van der Waals surface area contributed by atoms with Gasteiger partial charge in [-0.25, -0.2) is 0 Å². The first-order chi connectivity index (χ1) is 9.74. The first kappa shape index (κ1) is 13.6. The van der Waals surface area contributed by atoms with Crippen LogP contribution in [0.25, 0.3) is 0 Å². The van der Waals surface area contributed by atoms with Crippen molar-refractivity contribution in [3.05, 3.63) is 16.0 Å². The summed E-state index contributed by atoms with van der Waals surface area (Å²) in [6.07, 6.45) is 6.13. The zero-order valence-electron chi connectivity index (χ0n) is 11.5. The Kier molecular flexibility index (Phi) is 3.77. The van der Waals surface area contributed by atoms with E-state index < -0.39 is 0 Å². The van der Waals surface area contributed by atoms with Crippen LogP contribution >= 0.6 is 11.3 Å². The smallest absolute Gasteiger partial charge is 0.228 e. The molecule has 1 atom stereocenters. The predicted octanol–water partition coefficient (Wildman–Crippen LogP) is 2.20. The molecule has 106 valence electrons. The predicted molar refractivity (Wildman–Crippen MR) is 79.8 cm³/mol. The lowest BCUT2D eigenvalue weighted by Gasteiger charge is -2.15. The molecule has 0 radical (unpaired) electrons. The van der Waals surface area contributed by atoms with Gasteiger partial charge in [0.1, 0.15) is 11.1 Å². The summed E-state index contributed by atoms with van der Waals surface area (Å²) < 4.78 is 0. The SMILES string of the molecule is N#Cc1c(N2CC(CN)CC2=O)sc2c1CCCCC2. The van der Waals surface area contributed by atoms with E-state index in [2.05, 4.69) is 6.07 Å². The number of aryl methyl sites for hydroxylation is 1. The van der Waals surface area contributed by atoms with E-state index in [4.69, 9.17) is 5.73 Å². The van der Waals surface area contributed by atoms with E-state index in [0.717, 1.165) is 29.8 Å². The van der Waals surface area contributed by atoms with Crippen LogP contribution in [0.4, 0.5) is 5.00 Å². The Morgan fingerprint density at radius 1 is 1.35 bits per heavy atom. The molecule has 0 saturated carbocycles. The van der Waals surface area contributed by atoms with E-state index in [1.54, 1.807) is 16.2 Å². The summed E-state index contributed by atoms with van der Waals surface area (Å²) in [7, 11) is 0. The van der Waals surface area contributed by atoms with Crippen molar-refractivity contribution in [2.75, 3.05) is 18.0 Å². The largest absolute Gasteiger partial charge is 0.330 e. The van der Waals surface area contributed by atoms with Crippen LogP contribution in [-0.4, -0.2) is 19.0 Å². The highest BCUT2D eigenvalue weighted by atomic mass is 32.1. The summed E-state index contributed by atoms with van der Waals surface area (Å²) >= 11 is 1.66. The lowest BCUT2D eigenvalue weighted by Crippen LogP contribution is -2.25. The van der Waals surface area contributed by atoms with Crippen LogP contribution in [0, 0.1) is 17.2 Å². The van der Waals surface area contributed by atoms with Gasteiger partial charge in [-0.2, -0.15) is 5.26 Å². The number of carbonyl (C=O) groups excluding carboxylic acids is 1. The summed E-state index contributed by atoms with van der Waals surface area (Å²) in [5.74, 6) is 0.351. The monoisotopic (exact) mass is 289 g/mol. The number of thiophene rings is 1. The van der Waals surface area contributed by atoms with E-state index in [0.29, 0.717) is 19.5 Å². The van der Waals surface area contributed by atoms with Crippen LogP contribution in [0.2, 0.25) is 0 Å². The topological polar surface area (TPSA) is 70.1 Å². The molecule has 1 saturated heterocycles. The number of fused-ring (bicyclic) bond motifs is 1. The molecular weight excluding hydrogens is 270 g/mol. The number of nitrogens with zero attached hydrogens (tertiary/aromatic N) is 2. The lowest BCUT2D eigenvalue weighted by atomic mass is 10.1. The van der Waals surface area contributed by atoms with Crippen molar-refractivity contribution in [3.8, 4) is 6.07 Å². The minimum absolute atomic E-state index is 0.119. The molecule has 1 fully saturated rings. The van der Waals surface area contributed by atoms with Gasteiger partial charge in [0.05, 0.1) is 5.56 Å². The normalized spacial score (nSPS) is 22.5. The summed E-state index contributed by atoms with van der Waals surface area (Å²) in [5.41, 5.74) is 7.64. The molecule has 1 amide bonds. The van der Waals surface area contributed by atoms with E-state index >= 15 is 0 Å². The van der Waals surface area contributed by atoms with Crippen molar-refractivity contribution in [1.29, 1.82) is 5.26 Å². The number of carbonyl (C=O) groups is 1. The molecule has 0 spiro atoms. The quantitative estimate of drug-likeness (QED) is 0.848. The molecule has 2 aliphatic rings. The zero-order valence-corrected chi connectivity index (χ0v) is 12.3. The van der Waals surface area contributed by atoms with Gasteiger partial charge < -0.3 is 10.6 Å². The maximum Gasteiger partial charge on any atom is 0.228 e. The number of amides is 1. The van der Waals surface area contributed by atoms with Gasteiger partial charge in [0.25, 0.3) is 0 Å². The highest BCUT2D eigenvalue weighted by molar-refractivity contribution is 7.16. The van der Waals surface area contributed by atoms with Crippen molar-refractivity contribution in [2.45, 2.75) is 38.5 Å². The minimum Gasteiger partial charge on any atom is -0.330 e. The molecule has 0 bridgehead atoms. The maximum absolute atomic E-state index is 12.2. The van der Waals surface area contributed by atoms with Crippen molar-refractivity contribution in [1.82, 2.24) is 0 Å². The molecule has 20 heavy (non-hydrogen) atoms. The fourth-order valence-corrected chi connectivity index (χ4v) is 4.53. The fourth-order valence-electron chi connectivity index (χ4n) is 3.17. The van der Waals surface area contributed by atoms with Gasteiger partial charge in [-0.1, -0.05) is 6.42 Å². The first-order valence-corrected chi connectivity index (χ1v) is 8.11. The average molecular weight is 289 g/mol. The van der Waals surface area contributed by atoms with Crippen molar-refractivity contribution in [2.24, 2.45) is 11.7 Å². The van der Waals surface area contributed by atoms with Gasteiger partial charge in [0, 0.05) is 17.8 Å². The number of hydrogen-bond donors (Lipinski definition) is 1. The Balaban J connectivity index is 1.98. The van der Waals surface area contributed by atoms with Crippen LogP contribution in [0.3, 0.4) is 0 Å².